The van der Waals surface area contributed by atoms with E-state index in [0.717, 1.165) is 19.6 Å². The van der Waals surface area contributed by atoms with Crippen molar-refractivity contribution in [3.8, 4) is 0 Å². The SMILES string of the molecule is CCCCNCC(C)N1CCC(C)C(OC)C1. The van der Waals surface area contributed by atoms with Crippen LogP contribution in [-0.2, 0) is 4.74 Å². The van der Waals surface area contributed by atoms with E-state index in [0.29, 0.717) is 18.1 Å². The van der Waals surface area contributed by atoms with Gasteiger partial charge in [-0.1, -0.05) is 20.3 Å². The lowest BCUT2D eigenvalue weighted by Gasteiger charge is -2.39. The highest BCUT2D eigenvalue weighted by Crippen LogP contribution is 2.20. The fourth-order valence-corrected chi connectivity index (χ4v) is 2.51. The first-order valence-corrected chi connectivity index (χ1v) is 7.16. The van der Waals surface area contributed by atoms with Gasteiger partial charge >= 0.3 is 0 Å². The minimum Gasteiger partial charge on any atom is -0.380 e. The molecule has 0 amide bonds. The van der Waals surface area contributed by atoms with Gasteiger partial charge in [-0.25, -0.2) is 0 Å². The number of nitrogens with one attached hydrogen (secondary N) is 1. The van der Waals surface area contributed by atoms with E-state index in [-0.39, 0.29) is 0 Å². The van der Waals surface area contributed by atoms with Gasteiger partial charge in [-0.15, -0.1) is 0 Å². The summed E-state index contributed by atoms with van der Waals surface area (Å²) in [5, 5.41) is 3.54. The molecule has 1 rings (SSSR count). The van der Waals surface area contributed by atoms with Gasteiger partial charge in [0.25, 0.3) is 0 Å². The molecule has 1 saturated heterocycles. The Morgan fingerprint density at radius 3 is 2.88 bits per heavy atom. The van der Waals surface area contributed by atoms with Crippen molar-refractivity contribution in [2.75, 3.05) is 33.3 Å². The van der Waals surface area contributed by atoms with Gasteiger partial charge in [-0.2, -0.15) is 0 Å². The molecule has 1 fully saturated rings. The standard InChI is InChI=1S/C14H30N2O/c1-5-6-8-15-10-13(3)16-9-7-12(2)14(11-16)17-4/h12-15H,5-11H2,1-4H3. The summed E-state index contributed by atoms with van der Waals surface area (Å²) in [5.41, 5.74) is 0. The lowest BCUT2D eigenvalue weighted by molar-refractivity contribution is -0.0164. The molecule has 0 spiro atoms. The minimum atomic E-state index is 0.418. The maximum absolute atomic E-state index is 5.56. The molecular weight excluding hydrogens is 212 g/mol. The number of hydrogen-bond donors (Lipinski definition) is 1. The van der Waals surface area contributed by atoms with Crippen LogP contribution in [-0.4, -0.2) is 50.3 Å². The van der Waals surface area contributed by atoms with E-state index in [4.69, 9.17) is 4.74 Å². The molecule has 1 aliphatic heterocycles. The lowest BCUT2D eigenvalue weighted by Crippen LogP contribution is -2.50. The molecule has 0 radical (unpaired) electrons. The van der Waals surface area contributed by atoms with Crippen LogP contribution in [0.15, 0.2) is 0 Å². The molecule has 1 aliphatic rings. The molecule has 3 nitrogen and oxygen atoms in total. The van der Waals surface area contributed by atoms with Crippen molar-refractivity contribution >= 4 is 0 Å². The first-order valence-electron chi connectivity index (χ1n) is 7.16. The van der Waals surface area contributed by atoms with Gasteiger partial charge in [0, 0.05) is 26.2 Å². The molecule has 17 heavy (non-hydrogen) atoms. The molecule has 1 N–H and O–H groups in total. The van der Waals surface area contributed by atoms with Crippen LogP contribution >= 0.6 is 0 Å². The largest absolute Gasteiger partial charge is 0.380 e. The van der Waals surface area contributed by atoms with E-state index in [1.807, 2.05) is 7.11 Å². The number of methoxy groups -OCH3 is 1. The maximum atomic E-state index is 5.56. The van der Waals surface area contributed by atoms with Gasteiger partial charge in [0.15, 0.2) is 0 Å². The van der Waals surface area contributed by atoms with Crippen molar-refractivity contribution < 1.29 is 4.74 Å². The Hall–Kier alpha value is -0.120. The predicted octanol–water partition coefficient (Wildman–Crippen LogP) is 2.12. The van der Waals surface area contributed by atoms with Crippen LogP contribution < -0.4 is 5.32 Å². The van der Waals surface area contributed by atoms with Gasteiger partial charge in [0.05, 0.1) is 6.10 Å². The van der Waals surface area contributed by atoms with Gasteiger partial charge in [-0.05, 0) is 38.8 Å². The normalized spacial score (nSPS) is 28.2. The Bertz CT molecular complexity index is 199. The number of likely N-dealkylation sites (tertiary alicyclic amines) is 1. The summed E-state index contributed by atoms with van der Waals surface area (Å²) in [6.45, 7) is 11.4. The average Bonchev–Trinajstić information content (AvgIpc) is 2.35. The Morgan fingerprint density at radius 1 is 1.47 bits per heavy atom. The molecule has 0 aromatic carbocycles. The first kappa shape index (κ1) is 14.9. The number of hydrogen-bond acceptors (Lipinski definition) is 3. The van der Waals surface area contributed by atoms with Crippen LogP contribution in [0.5, 0.6) is 0 Å². The van der Waals surface area contributed by atoms with Crippen molar-refractivity contribution in [3.05, 3.63) is 0 Å². The highest BCUT2D eigenvalue weighted by atomic mass is 16.5. The molecule has 3 unspecified atom stereocenters. The quantitative estimate of drug-likeness (QED) is 0.692. The Labute approximate surface area is 107 Å². The summed E-state index contributed by atoms with van der Waals surface area (Å²) in [4.78, 5) is 2.56. The van der Waals surface area contributed by atoms with E-state index in [9.17, 15) is 0 Å². The summed E-state index contributed by atoms with van der Waals surface area (Å²) >= 11 is 0. The predicted molar refractivity (Wildman–Crippen MR) is 73.4 cm³/mol. The lowest BCUT2D eigenvalue weighted by atomic mass is 9.95. The van der Waals surface area contributed by atoms with Crippen LogP contribution in [0.4, 0.5) is 0 Å². The molecule has 3 heteroatoms. The van der Waals surface area contributed by atoms with Crippen LogP contribution in [0.25, 0.3) is 0 Å². The van der Waals surface area contributed by atoms with Crippen molar-refractivity contribution in [2.24, 2.45) is 5.92 Å². The summed E-state index contributed by atoms with van der Waals surface area (Å²) in [7, 11) is 1.84. The monoisotopic (exact) mass is 242 g/mol. The summed E-state index contributed by atoms with van der Waals surface area (Å²) < 4.78 is 5.56. The topological polar surface area (TPSA) is 24.5 Å². The summed E-state index contributed by atoms with van der Waals surface area (Å²) in [6, 6.07) is 0.622. The van der Waals surface area contributed by atoms with Crippen molar-refractivity contribution in [1.82, 2.24) is 10.2 Å². The molecule has 102 valence electrons. The zero-order valence-electron chi connectivity index (χ0n) is 12.0. The van der Waals surface area contributed by atoms with Gasteiger partial charge in [-0.3, -0.25) is 4.90 Å². The molecular formula is C14H30N2O. The molecule has 1 heterocycles. The van der Waals surface area contributed by atoms with E-state index in [1.165, 1.54) is 25.8 Å². The van der Waals surface area contributed by atoms with Gasteiger partial charge in [0.1, 0.15) is 0 Å². The molecule has 0 aliphatic carbocycles. The second kappa shape index (κ2) is 8.06. The van der Waals surface area contributed by atoms with E-state index in [2.05, 4.69) is 31.0 Å². The zero-order valence-corrected chi connectivity index (χ0v) is 12.0. The molecule has 0 saturated carbocycles. The van der Waals surface area contributed by atoms with Crippen LogP contribution in [0.2, 0.25) is 0 Å². The summed E-state index contributed by atoms with van der Waals surface area (Å²) in [5.74, 6) is 0.705. The molecule has 0 aromatic heterocycles. The molecule has 3 atom stereocenters. The number of piperidine rings is 1. The number of nitrogens with zero attached hydrogens (tertiary/aromatic N) is 1. The third kappa shape index (κ3) is 4.94. The smallest absolute Gasteiger partial charge is 0.0724 e. The van der Waals surface area contributed by atoms with Gasteiger partial charge in [0.2, 0.25) is 0 Å². The summed E-state index contributed by atoms with van der Waals surface area (Å²) in [6.07, 6.45) is 4.23. The third-order valence-electron chi connectivity index (χ3n) is 3.99. The number of rotatable bonds is 7. The van der Waals surface area contributed by atoms with E-state index >= 15 is 0 Å². The van der Waals surface area contributed by atoms with Crippen LogP contribution in [0.1, 0.15) is 40.0 Å². The maximum Gasteiger partial charge on any atom is 0.0724 e. The number of unbranched alkanes of at least 4 members (excludes halogenated alkanes) is 1. The second-order valence-electron chi connectivity index (χ2n) is 5.44. The molecule has 0 aromatic rings. The first-order chi connectivity index (χ1) is 8.19. The highest BCUT2D eigenvalue weighted by Gasteiger charge is 2.28. The van der Waals surface area contributed by atoms with E-state index < -0.39 is 0 Å². The molecule has 0 bridgehead atoms. The Morgan fingerprint density at radius 2 is 2.24 bits per heavy atom. The Balaban J connectivity index is 2.24. The highest BCUT2D eigenvalue weighted by molar-refractivity contribution is 4.82. The van der Waals surface area contributed by atoms with Crippen molar-refractivity contribution in [2.45, 2.75) is 52.2 Å². The zero-order chi connectivity index (χ0) is 12.7. The Kier molecular flexibility index (Phi) is 7.09. The van der Waals surface area contributed by atoms with Crippen molar-refractivity contribution in [3.63, 3.8) is 0 Å². The minimum absolute atomic E-state index is 0.418. The third-order valence-corrected chi connectivity index (χ3v) is 3.99. The fourth-order valence-electron chi connectivity index (χ4n) is 2.51. The van der Waals surface area contributed by atoms with Crippen LogP contribution in [0.3, 0.4) is 0 Å². The van der Waals surface area contributed by atoms with Crippen molar-refractivity contribution in [1.29, 1.82) is 0 Å². The fraction of sp³-hybridized carbons (Fsp3) is 1.00. The average molecular weight is 242 g/mol. The number of ether oxygens (including phenoxy) is 1. The van der Waals surface area contributed by atoms with E-state index in [1.54, 1.807) is 0 Å². The van der Waals surface area contributed by atoms with Gasteiger partial charge < -0.3 is 10.1 Å². The van der Waals surface area contributed by atoms with Crippen LogP contribution in [0, 0.1) is 5.92 Å². The second-order valence-corrected chi connectivity index (χ2v) is 5.44.